The van der Waals surface area contributed by atoms with E-state index in [4.69, 9.17) is 0 Å². The van der Waals surface area contributed by atoms with Crippen molar-refractivity contribution in [1.82, 2.24) is 5.32 Å². The molecule has 0 aromatic heterocycles. The number of hydrogen-bond acceptors (Lipinski definition) is 3. The summed E-state index contributed by atoms with van der Waals surface area (Å²) >= 11 is 0. The molecule has 3 heteroatoms. The van der Waals surface area contributed by atoms with Gasteiger partial charge >= 0.3 is 0 Å². The standard InChI is InChI=1S/C25H31NO2/c1-14-7-8-16(9-15(14)2)21-22-17(10-24(3,4)12-19(22)27)26-18-11-25(5,6)13-20(28)23(18)21/h7-9,21,26H,10-13H2,1-6H3. The van der Waals surface area contributed by atoms with Crippen LogP contribution in [-0.4, -0.2) is 11.6 Å². The predicted molar refractivity (Wildman–Crippen MR) is 112 cm³/mol. The Morgan fingerprint density at radius 3 is 1.75 bits per heavy atom. The first-order chi connectivity index (χ1) is 13.0. The van der Waals surface area contributed by atoms with Gasteiger partial charge in [-0.25, -0.2) is 0 Å². The summed E-state index contributed by atoms with van der Waals surface area (Å²) in [6.45, 7) is 12.8. The Balaban J connectivity index is 1.93. The van der Waals surface area contributed by atoms with Crippen molar-refractivity contribution < 1.29 is 9.59 Å². The summed E-state index contributed by atoms with van der Waals surface area (Å²) in [6, 6.07) is 6.38. The van der Waals surface area contributed by atoms with Gasteiger partial charge in [-0.05, 0) is 54.2 Å². The number of carbonyl (C=O) groups excluding carboxylic acids is 2. The Bertz CT molecular complexity index is 907. The van der Waals surface area contributed by atoms with E-state index >= 15 is 0 Å². The summed E-state index contributed by atoms with van der Waals surface area (Å²) in [5, 5.41) is 3.57. The lowest BCUT2D eigenvalue weighted by Gasteiger charge is -2.44. The number of rotatable bonds is 1. The van der Waals surface area contributed by atoms with Crippen molar-refractivity contribution in [3.05, 3.63) is 57.4 Å². The fraction of sp³-hybridized carbons (Fsp3) is 0.520. The van der Waals surface area contributed by atoms with Gasteiger partial charge in [0.2, 0.25) is 0 Å². The van der Waals surface area contributed by atoms with Crippen LogP contribution in [0.5, 0.6) is 0 Å². The first kappa shape index (κ1) is 19.2. The zero-order valence-electron chi connectivity index (χ0n) is 18.0. The summed E-state index contributed by atoms with van der Waals surface area (Å²) in [4.78, 5) is 26.5. The minimum Gasteiger partial charge on any atom is -0.362 e. The van der Waals surface area contributed by atoms with Crippen molar-refractivity contribution in [1.29, 1.82) is 0 Å². The van der Waals surface area contributed by atoms with Crippen molar-refractivity contribution in [2.45, 2.75) is 73.1 Å². The van der Waals surface area contributed by atoms with Gasteiger partial charge in [0.15, 0.2) is 11.6 Å². The molecule has 1 aromatic rings. The maximum absolute atomic E-state index is 13.3. The third kappa shape index (κ3) is 3.15. The summed E-state index contributed by atoms with van der Waals surface area (Å²) in [7, 11) is 0. The molecule has 0 fully saturated rings. The smallest absolute Gasteiger partial charge is 0.162 e. The van der Waals surface area contributed by atoms with Gasteiger partial charge in [0.1, 0.15) is 0 Å². The van der Waals surface area contributed by atoms with Gasteiger partial charge in [-0.15, -0.1) is 0 Å². The second-order valence-electron chi connectivity index (χ2n) is 10.6. The third-order valence-corrected chi connectivity index (χ3v) is 6.58. The molecule has 0 saturated carbocycles. The molecular weight excluding hydrogens is 346 g/mol. The highest BCUT2D eigenvalue weighted by molar-refractivity contribution is 6.06. The lowest BCUT2D eigenvalue weighted by molar-refractivity contribution is -0.119. The second kappa shape index (κ2) is 6.17. The van der Waals surface area contributed by atoms with E-state index in [1.54, 1.807) is 0 Å². The number of ketones is 2. The summed E-state index contributed by atoms with van der Waals surface area (Å²) in [5.74, 6) is 0.148. The average molecular weight is 378 g/mol. The van der Waals surface area contributed by atoms with Crippen molar-refractivity contribution in [2.24, 2.45) is 10.8 Å². The van der Waals surface area contributed by atoms with Crippen LogP contribution < -0.4 is 5.32 Å². The van der Waals surface area contributed by atoms with E-state index in [2.05, 4.69) is 65.1 Å². The normalized spacial score (nSPS) is 24.1. The minimum atomic E-state index is -0.224. The zero-order valence-corrected chi connectivity index (χ0v) is 18.0. The number of benzene rings is 1. The van der Waals surface area contributed by atoms with Gasteiger partial charge in [-0.3, -0.25) is 9.59 Å². The molecule has 0 amide bonds. The Hall–Kier alpha value is -2.16. The summed E-state index contributed by atoms with van der Waals surface area (Å²) in [5.41, 5.74) is 7.13. The molecule has 3 aliphatic rings. The van der Waals surface area contributed by atoms with E-state index in [0.29, 0.717) is 12.8 Å². The number of nitrogens with one attached hydrogen (secondary N) is 1. The maximum Gasteiger partial charge on any atom is 0.162 e. The summed E-state index contributed by atoms with van der Waals surface area (Å²) < 4.78 is 0. The van der Waals surface area contributed by atoms with Crippen LogP contribution in [0, 0.1) is 24.7 Å². The highest BCUT2D eigenvalue weighted by Crippen LogP contribution is 2.51. The Morgan fingerprint density at radius 2 is 1.29 bits per heavy atom. The van der Waals surface area contributed by atoms with Crippen LogP contribution in [0.4, 0.5) is 0 Å². The molecule has 0 unspecified atom stereocenters. The molecule has 1 heterocycles. The van der Waals surface area contributed by atoms with Crippen LogP contribution in [0.15, 0.2) is 40.7 Å². The number of aryl methyl sites for hydroxylation is 2. The minimum absolute atomic E-state index is 0.0527. The molecule has 1 aliphatic heterocycles. The molecule has 28 heavy (non-hydrogen) atoms. The van der Waals surface area contributed by atoms with Gasteiger partial charge in [0, 0.05) is 41.3 Å². The van der Waals surface area contributed by atoms with Gasteiger partial charge < -0.3 is 5.32 Å². The quantitative estimate of drug-likeness (QED) is 0.724. The molecule has 0 radical (unpaired) electrons. The molecule has 0 atom stereocenters. The summed E-state index contributed by atoms with van der Waals surface area (Å²) in [6.07, 6.45) is 2.77. The molecule has 4 rings (SSSR count). The molecule has 0 saturated heterocycles. The fourth-order valence-corrected chi connectivity index (χ4v) is 5.17. The number of carbonyl (C=O) groups is 2. The maximum atomic E-state index is 13.3. The highest BCUT2D eigenvalue weighted by Gasteiger charge is 2.46. The molecule has 0 bridgehead atoms. The number of dihydropyridines is 1. The third-order valence-electron chi connectivity index (χ3n) is 6.58. The van der Waals surface area contributed by atoms with Crippen LogP contribution in [0.1, 0.15) is 76.0 Å². The Labute approximate surface area is 168 Å². The largest absolute Gasteiger partial charge is 0.362 e. The lowest BCUT2D eigenvalue weighted by atomic mass is 9.64. The van der Waals surface area contributed by atoms with Crippen LogP contribution >= 0.6 is 0 Å². The van der Waals surface area contributed by atoms with Crippen LogP contribution in [0.2, 0.25) is 0 Å². The van der Waals surface area contributed by atoms with E-state index in [9.17, 15) is 9.59 Å². The monoisotopic (exact) mass is 377 g/mol. The van der Waals surface area contributed by atoms with E-state index in [-0.39, 0.29) is 28.3 Å². The van der Waals surface area contributed by atoms with Gasteiger partial charge in [0.05, 0.1) is 0 Å². The SMILES string of the molecule is Cc1ccc(C2C3=C(CC(C)(C)CC3=O)NC3=C2C(=O)CC(C)(C)C3)cc1C. The zero-order chi connectivity index (χ0) is 20.4. The predicted octanol–water partition coefficient (Wildman–Crippen LogP) is 5.28. The van der Waals surface area contributed by atoms with Gasteiger partial charge in [-0.2, -0.15) is 0 Å². The van der Waals surface area contributed by atoms with Crippen molar-refractivity contribution in [2.75, 3.05) is 0 Å². The molecule has 1 aromatic carbocycles. The molecule has 2 aliphatic carbocycles. The molecule has 1 N–H and O–H groups in total. The van der Waals surface area contributed by atoms with Crippen molar-refractivity contribution >= 4 is 11.6 Å². The number of Topliss-reactive ketones (excluding diaryl/α,β-unsaturated/α-hetero) is 2. The van der Waals surface area contributed by atoms with Crippen LogP contribution in [0.3, 0.4) is 0 Å². The Kier molecular flexibility index (Phi) is 4.22. The molecule has 3 nitrogen and oxygen atoms in total. The van der Waals surface area contributed by atoms with E-state index in [1.807, 2.05) is 0 Å². The van der Waals surface area contributed by atoms with E-state index in [1.165, 1.54) is 11.1 Å². The van der Waals surface area contributed by atoms with Gasteiger partial charge in [-0.1, -0.05) is 45.9 Å². The highest BCUT2D eigenvalue weighted by atomic mass is 16.1. The van der Waals surface area contributed by atoms with Crippen LogP contribution in [0.25, 0.3) is 0 Å². The molecule has 148 valence electrons. The average Bonchev–Trinajstić information content (AvgIpc) is 2.53. The molecule has 0 spiro atoms. The topological polar surface area (TPSA) is 46.2 Å². The van der Waals surface area contributed by atoms with E-state index < -0.39 is 0 Å². The lowest BCUT2D eigenvalue weighted by Crippen LogP contribution is -2.42. The van der Waals surface area contributed by atoms with Gasteiger partial charge in [0.25, 0.3) is 0 Å². The Morgan fingerprint density at radius 1 is 0.786 bits per heavy atom. The number of allylic oxidation sites excluding steroid dienone is 4. The van der Waals surface area contributed by atoms with Crippen molar-refractivity contribution in [3.63, 3.8) is 0 Å². The second-order valence-corrected chi connectivity index (χ2v) is 10.6. The first-order valence-corrected chi connectivity index (χ1v) is 10.3. The molecular formula is C25H31NO2. The van der Waals surface area contributed by atoms with E-state index in [0.717, 1.165) is 40.9 Å². The van der Waals surface area contributed by atoms with Crippen molar-refractivity contribution in [3.8, 4) is 0 Å². The fourth-order valence-electron chi connectivity index (χ4n) is 5.17. The number of hydrogen-bond donors (Lipinski definition) is 1. The van der Waals surface area contributed by atoms with Crippen LogP contribution in [-0.2, 0) is 9.59 Å². The first-order valence-electron chi connectivity index (χ1n) is 10.3.